The third-order valence-corrected chi connectivity index (χ3v) is 3.32. The zero-order valence-corrected chi connectivity index (χ0v) is 13.2. The Hall–Kier alpha value is -1.57. The fourth-order valence-electron chi connectivity index (χ4n) is 2.14. The number of carbonyl (C=O) groups excluding carboxylic acids is 1. The minimum atomic E-state index is 0.113. The number of hydrogen-bond acceptors (Lipinski definition) is 1. The lowest BCUT2D eigenvalue weighted by Gasteiger charge is -2.19. The standard InChI is InChI=1S/C18H27NO/c1-5-13-19(14-6-2)18(20)12-9-16-7-10-17(11-8-16)15(3)4/h7-12,15H,5-6,13-14H2,1-4H3/b12-9+. The van der Waals surface area contributed by atoms with Crippen molar-refractivity contribution >= 4 is 12.0 Å². The van der Waals surface area contributed by atoms with E-state index in [2.05, 4.69) is 52.0 Å². The van der Waals surface area contributed by atoms with Gasteiger partial charge in [0.2, 0.25) is 5.91 Å². The maximum Gasteiger partial charge on any atom is 0.246 e. The van der Waals surface area contributed by atoms with E-state index in [1.54, 1.807) is 6.08 Å². The Morgan fingerprint density at radius 2 is 1.65 bits per heavy atom. The van der Waals surface area contributed by atoms with Crippen LogP contribution in [0.3, 0.4) is 0 Å². The molecule has 2 nitrogen and oxygen atoms in total. The molecule has 0 saturated heterocycles. The summed E-state index contributed by atoms with van der Waals surface area (Å²) in [6, 6.07) is 8.40. The first kappa shape index (κ1) is 16.5. The largest absolute Gasteiger partial charge is 0.339 e. The van der Waals surface area contributed by atoms with Crippen molar-refractivity contribution in [3.05, 3.63) is 41.5 Å². The second kappa shape index (κ2) is 8.57. The van der Waals surface area contributed by atoms with Gasteiger partial charge in [-0.3, -0.25) is 4.79 Å². The highest BCUT2D eigenvalue weighted by Gasteiger charge is 2.07. The highest BCUT2D eigenvalue weighted by Crippen LogP contribution is 2.15. The van der Waals surface area contributed by atoms with E-state index in [0.717, 1.165) is 31.5 Å². The molecule has 0 unspecified atom stereocenters. The average molecular weight is 273 g/mol. The molecule has 1 aromatic carbocycles. The maximum atomic E-state index is 12.1. The highest BCUT2D eigenvalue weighted by molar-refractivity contribution is 5.91. The van der Waals surface area contributed by atoms with E-state index in [-0.39, 0.29) is 5.91 Å². The molecule has 2 heteroatoms. The van der Waals surface area contributed by atoms with Gasteiger partial charge in [0.15, 0.2) is 0 Å². The minimum absolute atomic E-state index is 0.113. The Morgan fingerprint density at radius 1 is 1.10 bits per heavy atom. The molecule has 0 radical (unpaired) electrons. The molecule has 0 saturated carbocycles. The van der Waals surface area contributed by atoms with Crippen molar-refractivity contribution in [2.75, 3.05) is 13.1 Å². The minimum Gasteiger partial charge on any atom is -0.339 e. The third kappa shape index (κ3) is 5.20. The summed E-state index contributed by atoms with van der Waals surface area (Å²) in [6.07, 6.45) is 5.60. The van der Waals surface area contributed by atoms with Crippen LogP contribution in [0.5, 0.6) is 0 Å². The van der Waals surface area contributed by atoms with Gasteiger partial charge in [0.25, 0.3) is 0 Å². The van der Waals surface area contributed by atoms with Crippen LogP contribution in [0.4, 0.5) is 0 Å². The van der Waals surface area contributed by atoms with Crippen LogP contribution in [-0.2, 0) is 4.79 Å². The van der Waals surface area contributed by atoms with Crippen LogP contribution in [-0.4, -0.2) is 23.9 Å². The van der Waals surface area contributed by atoms with Crippen molar-refractivity contribution in [1.29, 1.82) is 0 Å². The van der Waals surface area contributed by atoms with Crippen molar-refractivity contribution in [1.82, 2.24) is 4.90 Å². The molecule has 0 fully saturated rings. The molecule has 0 aliphatic rings. The predicted molar refractivity (Wildman–Crippen MR) is 86.7 cm³/mol. The summed E-state index contributed by atoms with van der Waals surface area (Å²) in [6.45, 7) is 10.2. The number of hydrogen-bond donors (Lipinski definition) is 0. The Balaban J connectivity index is 2.67. The molecule has 0 spiro atoms. The van der Waals surface area contributed by atoms with Crippen LogP contribution in [0, 0.1) is 0 Å². The zero-order chi connectivity index (χ0) is 15.0. The van der Waals surface area contributed by atoms with Gasteiger partial charge in [-0.1, -0.05) is 52.0 Å². The van der Waals surface area contributed by atoms with Gasteiger partial charge < -0.3 is 4.90 Å². The Labute approximate surface area is 123 Å². The summed E-state index contributed by atoms with van der Waals surface area (Å²) in [5.41, 5.74) is 2.41. The van der Waals surface area contributed by atoms with Gasteiger partial charge in [0.05, 0.1) is 0 Å². The molecule has 0 aliphatic carbocycles. The van der Waals surface area contributed by atoms with Gasteiger partial charge in [0.1, 0.15) is 0 Å². The lowest BCUT2D eigenvalue weighted by Crippen LogP contribution is -2.30. The van der Waals surface area contributed by atoms with Crippen molar-refractivity contribution in [3.63, 3.8) is 0 Å². The molecule has 0 heterocycles. The topological polar surface area (TPSA) is 20.3 Å². The third-order valence-electron chi connectivity index (χ3n) is 3.32. The van der Waals surface area contributed by atoms with E-state index >= 15 is 0 Å². The molecule has 0 atom stereocenters. The normalized spacial score (nSPS) is 11.2. The summed E-state index contributed by atoms with van der Waals surface area (Å²) < 4.78 is 0. The molecule has 0 aromatic heterocycles. The predicted octanol–water partition coefficient (Wildman–Crippen LogP) is 4.47. The van der Waals surface area contributed by atoms with Crippen molar-refractivity contribution < 1.29 is 4.79 Å². The van der Waals surface area contributed by atoms with Crippen LogP contribution >= 0.6 is 0 Å². The summed E-state index contributed by atoms with van der Waals surface area (Å²) in [7, 11) is 0. The van der Waals surface area contributed by atoms with Gasteiger partial charge in [-0.05, 0) is 36.0 Å². The second-order valence-electron chi connectivity index (χ2n) is 5.48. The van der Waals surface area contributed by atoms with E-state index in [1.165, 1.54) is 5.56 Å². The lowest BCUT2D eigenvalue weighted by molar-refractivity contribution is -0.126. The molecule has 1 aromatic rings. The molecule has 110 valence electrons. The van der Waals surface area contributed by atoms with Crippen LogP contribution < -0.4 is 0 Å². The van der Waals surface area contributed by atoms with Crippen molar-refractivity contribution in [2.24, 2.45) is 0 Å². The Bertz CT molecular complexity index is 425. The fourth-order valence-corrected chi connectivity index (χ4v) is 2.14. The fraction of sp³-hybridized carbons (Fsp3) is 0.500. The summed E-state index contributed by atoms with van der Waals surface area (Å²) in [5.74, 6) is 0.654. The first-order valence-electron chi connectivity index (χ1n) is 7.65. The number of carbonyl (C=O) groups is 1. The van der Waals surface area contributed by atoms with E-state index in [1.807, 2.05) is 11.0 Å². The first-order chi connectivity index (χ1) is 9.58. The van der Waals surface area contributed by atoms with Gasteiger partial charge in [0, 0.05) is 19.2 Å². The zero-order valence-electron chi connectivity index (χ0n) is 13.2. The molecular weight excluding hydrogens is 246 g/mol. The SMILES string of the molecule is CCCN(CCC)C(=O)/C=C/c1ccc(C(C)C)cc1. The Kier molecular flexibility index (Phi) is 7.06. The molecule has 0 N–H and O–H groups in total. The molecule has 0 aliphatic heterocycles. The summed E-state index contributed by atoms with van der Waals surface area (Å²) in [4.78, 5) is 14.0. The molecule has 0 bridgehead atoms. The average Bonchev–Trinajstić information content (AvgIpc) is 2.45. The lowest BCUT2D eigenvalue weighted by atomic mass is 10.0. The van der Waals surface area contributed by atoms with Gasteiger partial charge in [-0.2, -0.15) is 0 Å². The maximum absolute atomic E-state index is 12.1. The molecule has 1 amide bonds. The van der Waals surface area contributed by atoms with Gasteiger partial charge in [-0.25, -0.2) is 0 Å². The molecule has 1 rings (SSSR count). The van der Waals surface area contributed by atoms with Crippen LogP contribution in [0.1, 0.15) is 57.6 Å². The molecular formula is C18H27NO. The summed E-state index contributed by atoms with van der Waals surface area (Å²) in [5, 5.41) is 0. The number of rotatable bonds is 7. The van der Waals surface area contributed by atoms with E-state index < -0.39 is 0 Å². The van der Waals surface area contributed by atoms with E-state index in [4.69, 9.17) is 0 Å². The van der Waals surface area contributed by atoms with Gasteiger partial charge >= 0.3 is 0 Å². The van der Waals surface area contributed by atoms with Crippen molar-refractivity contribution in [2.45, 2.75) is 46.5 Å². The number of benzene rings is 1. The van der Waals surface area contributed by atoms with Crippen LogP contribution in [0.2, 0.25) is 0 Å². The molecule has 20 heavy (non-hydrogen) atoms. The monoisotopic (exact) mass is 273 g/mol. The number of nitrogens with zero attached hydrogens (tertiary/aromatic N) is 1. The second-order valence-corrected chi connectivity index (χ2v) is 5.48. The number of amides is 1. The quantitative estimate of drug-likeness (QED) is 0.671. The Morgan fingerprint density at radius 3 is 2.10 bits per heavy atom. The van der Waals surface area contributed by atoms with Crippen molar-refractivity contribution in [3.8, 4) is 0 Å². The van der Waals surface area contributed by atoms with E-state index in [0.29, 0.717) is 5.92 Å². The van der Waals surface area contributed by atoms with Crippen LogP contribution in [0.15, 0.2) is 30.3 Å². The summed E-state index contributed by atoms with van der Waals surface area (Å²) >= 11 is 0. The van der Waals surface area contributed by atoms with Gasteiger partial charge in [-0.15, -0.1) is 0 Å². The van der Waals surface area contributed by atoms with Crippen LogP contribution in [0.25, 0.3) is 6.08 Å². The highest BCUT2D eigenvalue weighted by atomic mass is 16.2. The smallest absolute Gasteiger partial charge is 0.246 e. The first-order valence-corrected chi connectivity index (χ1v) is 7.65. The van der Waals surface area contributed by atoms with E-state index in [9.17, 15) is 4.79 Å².